The summed E-state index contributed by atoms with van der Waals surface area (Å²) < 4.78 is 5.39. The molecule has 2 N–H and O–H groups in total. The molecule has 7 heteroatoms. The van der Waals surface area contributed by atoms with Gasteiger partial charge in [-0.3, -0.25) is 9.59 Å². The molecule has 0 aliphatic carbocycles. The van der Waals surface area contributed by atoms with Crippen molar-refractivity contribution in [3.05, 3.63) is 65.2 Å². The summed E-state index contributed by atoms with van der Waals surface area (Å²) >= 11 is 0. The fraction of sp³-hybridized carbons (Fsp3) is 0.464. The van der Waals surface area contributed by atoms with Crippen LogP contribution in [-0.4, -0.2) is 41.5 Å². The van der Waals surface area contributed by atoms with E-state index in [1.54, 1.807) is 27.8 Å². The number of carbonyl (C=O) groups excluding carboxylic acids is 3. The molecule has 35 heavy (non-hydrogen) atoms. The fourth-order valence-corrected chi connectivity index (χ4v) is 3.85. The number of para-hydroxylation sites is 1. The van der Waals surface area contributed by atoms with Crippen LogP contribution >= 0.6 is 0 Å². The number of alkyl carbamates (subject to hydrolysis) is 1. The van der Waals surface area contributed by atoms with Crippen molar-refractivity contribution in [2.45, 2.75) is 72.6 Å². The maximum Gasteiger partial charge on any atom is 0.408 e. The summed E-state index contributed by atoms with van der Waals surface area (Å²) in [6, 6.07) is 13.2. The fourth-order valence-electron chi connectivity index (χ4n) is 3.85. The lowest BCUT2D eigenvalue weighted by Gasteiger charge is -2.33. The average Bonchev–Trinajstić information content (AvgIpc) is 2.78. The molecule has 2 aromatic carbocycles. The van der Waals surface area contributed by atoms with E-state index in [9.17, 15) is 14.4 Å². The number of nitrogens with zero attached hydrogens (tertiary/aromatic N) is 1. The van der Waals surface area contributed by atoms with Crippen molar-refractivity contribution in [1.29, 1.82) is 0 Å². The van der Waals surface area contributed by atoms with Gasteiger partial charge in [-0.15, -0.1) is 0 Å². The lowest BCUT2D eigenvalue weighted by atomic mass is 9.96. The number of ether oxygens (including phenoxy) is 1. The molecule has 3 atom stereocenters. The third-order valence-corrected chi connectivity index (χ3v) is 5.98. The molecule has 190 valence electrons. The minimum atomic E-state index is -0.894. The molecule has 0 aliphatic heterocycles. The number of carbonyl (C=O) groups is 3. The second-order valence-electron chi connectivity index (χ2n) is 10.0. The summed E-state index contributed by atoms with van der Waals surface area (Å²) in [6.07, 6.45) is -0.00854. The van der Waals surface area contributed by atoms with Gasteiger partial charge in [0, 0.05) is 12.7 Å². The molecule has 3 amide bonds. The van der Waals surface area contributed by atoms with Crippen LogP contribution in [0.2, 0.25) is 0 Å². The monoisotopic (exact) mass is 481 g/mol. The van der Waals surface area contributed by atoms with E-state index in [1.165, 1.54) is 4.90 Å². The van der Waals surface area contributed by atoms with Gasteiger partial charge in [0.15, 0.2) is 0 Å². The largest absolute Gasteiger partial charge is 0.444 e. The highest BCUT2D eigenvalue weighted by molar-refractivity contribution is 5.99. The van der Waals surface area contributed by atoms with Crippen LogP contribution in [0.5, 0.6) is 0 Å². The maximum absolute atomic E-state index is 13.7. The van der Waals surface area contributed by atoms with Crippen molar-refractivity contribution in [2.24, 2.45) is 5.92 Å². The van der Waals surface area contributed by atoms with E-state index in [2.05, 4.69) is 10.6 Å². The molecule has 7 nitrogen and oxygen atoms in total. The quantitative estimate of drug-likeness (QED) is 0.530. The molecule has 0 aliphatic rings. The molecule has 0 bridgehead atoms. The van der Waals surface area contributed by atoms with E-state index in [0.717, 1.165) is 16.8 Å². The Morgan fingerprint density at radius 2 is 1.54 bits per heavy atom. The summed E-state index contributed by atoms with van der Waals surface area (Å²) in [7, 11) is 1.59. The number of anilines is 1. The lowest BCUT2D eigenvalue weighted by Crippen LogP contribution is -2.53. The van der Waals surface area contributed by atoms with Crippen molar-refractivity contribution in [3.63, 3.8) is 0 Å². The third-order valence-electron chi connectivity index (χ3n) is 5.98. The van der Waals surface area contributed by atoms with Gasteiger partial charge in [-0.2, -0.15) is 0 Å². The molecule has 0 radical (unpaired) electrons. The number of likely N-dealkylation sites (N-methyl/N-ethyl adjacent to an activating group) is 1. The Morgan fingerprint density at radius 3 is 2.06 bits per heavy atom. The van der Waals surface area contributed by atoms with Crippen LogP contribution in [0.25, 0.3) is 0 Å². The molecule has 0 heterocycles. The molecule has 0 saturated heterocycles. The number of nitrogens with one attached hydrogen (secondary N) is 2. The maximum atomic E-state index is 13.7. The van der Waals surface area contributed by atoms with Crippen molar-refractivity contribution in [2.75, 3.05) is 12.4 Å². The van der Waals surface area contributed by atoms with Gasteiger partial charge in [-0.25, -0.2) is 4.79 Å². The number of hydrogen-bond acceptors (Lipinski definition) is 4. The van der Waals surface area contributed by atoms with Gasteiger partial charge >= 0.3 is 6.09 Å². The van der Waals surface area contributed by atoms with Gasteiger partial charge in [0.25, 0.3) is 5.91 Å². The van der Waals surface area contributed by atoms with Crippen LogP contribution in [0.4, 0.5) is 10.5 Å². The average molecular weight is 482 g/mol. The zero-order valence-corrected chi connectivity index (χ0v) is 22.1. The molecule has 0 saturated carbocycles. The van der Waals surface area contributed by atoms with E-state index in [4.69, 9.17) is 4.74 Å². The van der Waals surface area contributed by atoms with Crippen molar-refractivity contribution in [3.8, 4) is 0 Å². The van der Waals surface area contributed by atoms with Gasteiger partial charge in [-0.1, -0.05) is 68.8 Å². The Bertz CT molecular complexity index is 1010. The molecule has 2 rings (SSSR count). The van der Waals surface area contributed by atoms with Gasteiger partial charge < -0.3 is 20.3 Å². The van der Waals surface area contributed by atoms with Crippen LogP contribution < -0.4 is 10.6 Å². The molecular formula is C28H39N3O4. The second-order valence-corrected chi connectivity index (χ2v) is 10.0. The third kappa shape index (κ3) is 7.57. The van der Waals surface area contributed by atoms with Crippen LogP contribution in [0.3, 0.4) is 0 Å². The smallest absolute Gasteiger partial charge is 0.408 e. The first-order valence-electron chi connectivity index (χ1n) is 12.0. The lowest BCUT2D eigenvalue weighted by molar-refractivity contribution is -0.140. The topological polar surface area (TPSA) is 87.7 Å². The number of hydrogen-bond donors (Lipinski definition) is 2. The number of aryl methyl sites for hydroxylation is 2. The predicted octanol–water partition coefficient (Wildman–Crippen LogP) is 5.38. The zero-order chi connectivity index (χ0) is 26.3. The summed E-state index contributed by atoms with van der Waals surface area (Å²) in [5.74, 6) is -0.865. The SMILES string of the molecule is CCC(C)C(NC(=O)OC(C)(C)C)C(=O)N(C)C(C(=O)Nc1c(C)cccc1C)c1ccccc1. The Morgan fingerprint density at radius 1 is 0.971 bits per heavy atom. The Balaban J connectivity index is 2.40. The summed E-state index contributed by atoms with van der Waals surface area (Å²) in [6.45, 7) is 13.0. The molecule has 0 spiro atoms. The van der Waals surface area contributed by atoms with Crippen molar-refractivity contribution in [1.82, 2.24) is 10.2 Å². The summed E-state index contributed by atoms with van der Waals surface area (Å²) in [4.78, 5) is 41.3. The van der Waals surface area contributed by atoms with Gasteiger partial charge in [0.2, 0.25) is 5.91 Å². The molecule has 0 fully saturated rings. The molecule has 0 aromatic heterocycles. The minimum absolute atomic E-state index is 0.171. The van der Waals surface area contributed by atoms with Gasteiger partial charge in [0.1, 0.15) is 17.7 Å². The van der Waals surface area contributed by atoms with Crippen molar-refractivity contribution < 1.29 is 19.1 Å². The van der Waals surface area contributed by atoms with Crippen molar-refractivity contribution >= 4 is 23.6 Å². The zero-order valence-electron chi connectivity index (χ0n) is 22.1. The number of benzene rings is 2. The Labute approximate surface area is 209 Å². The Kier molecular flexibility index (Phi) is 9.46. The van der Waals surface area contributed by atoms with E-state index in [-0.39, 0.29) is 17.7 Å². The summed E-state index contributed by atoms with van der Waals surface area (Å²) in [5, 5.41) is 5.76. The van der Waals surface area contributed by atoms with Crippen LogP contribution in [0, 0.1) is 19.8 Å². The first kappa shape index (κ1) is 27.9. The summed E-state index contributed by atoms with van der Waals surface area (Å²) in [5.41, 5.74) is 2.57. The number of rotatable bonds is 8. The first-order valence-corrected chi connectivity index (χ1v) is 12.0. The van der Waals surface area contributed by atoms with Crippen LogP contribution in [0.1, 0.15) is 63.8 Å². The number of amides is 3. The Hall–Kier alpha value is -3.35. The van der Waals surface area contributed by atoms with E-state index < -0.39 is 23.8 Å². The second kappa shape index (κ2) is 11.9. The highest BCUT2D eigenvalue weighted by Gasteiger charge is 2.36. The predicted molar refractivity (Wildman–Crippen MR) is 139 cm³/mol. The normalized spacial score (nSPS) is 13.8. The molecular weight excluding hydrogens is 442 g/mol. The van der Waals surface area contributed by atoms with E-state index in [1.807, 2.05) is 76.2 Å². The first-order chi connectivity index (χ1) is 16.4. The van der Waals surface area contributed by atoms with Gasteiger partial charge in [0.05, 0.1) is 0 Å². The van der Waals surface area contributed by atoms with Gasteiger partial charge in [-0.05, 0) is 57.2 Å². The van der Waals surface area contributed by atoms with Crippen LogP contribution in [0.15, 0.2) is 48.5 Å². The van der Waals surface area contributed by atoms with E-state index in [0.29, 0.717) is 12.0 Å². The highest BCUT2D eigenvalue weighted by atomic mass is 16.6. The minimum Gasteiger partial charge on any atom is -0.444 e. The highest BCUT2D eigenvalue weighted by Crippen LogP contribution is 2.26. The molecule has 3 unspecified atom stereocenters. The van der Waals surface area contributed by atoms with E-state index >= 15 is 0 Å². The van der Waals surface area contributed by atoms with Crippen LogP contribution in [-0.2, 0) is 14.3 Å². The molecule has 2 aromatic rings. The standard InChI is InChI=1S/C28H39N3O4/c1-9-18(2)23(30-27(34)35-28(5,6)7)26(33)31(8)24(21-16-11-10-12-17-21)25(32)29-22-19(3)14-13-15-20(22)4/h10-18,23-24H,9H2,1-8H3,(H,29,32)(H,30,34).